The fraction of sp³-hybridized carbons (Fsp3) is 1.00. The molecule has 0 heterocycles. The summed E-state index contributed by atoms with van der Waals surface area (Å²) >= 11 is 0. The third kappa shape index (κ3) is 2.62. The lowest BCUT2D eigenvalue weighted by Crippen LogP contribution is -2.49. The molecule has 0 saturated carbocycles. The molecule has 1 unspecified atom stereocenters. The molecular formula is C6H14O4. The van der Waals surface area contributed by atoms with Crippen LogP contribution in [0.1, 0.15) is 20.8 Å². The molecular weight excluding hydrogens is 136 g/mol. The van der Waals surface area contributed by atoms with Crippen LogP contribution in [0.5, 0.6) is 0 Å². The molecule has 0 aliphatic rings. The first-order chi connectivity index (χ1) is 4.15. The highest BCUT2D eigenvalue weighted by atomic mass is 16.7. The van der Waals surface area contributed by atoms with Crippen molar-refractivity contribution in [3.05, 3.63) is 0 Å². The van der Waals surface area contributed by atoms with E-state index in [4.69, 9.17) is 20.4 Å². The van der Waals surface area contributed by atoms with Crippen molar-refractivity contribution in [3.63, 3.8) is 0 Å². The van der Waals surface area contributed by atoms with E-state index in [-0.39, 0.29) is 0 Å². The van der Waals surface area contributed by atoms with Gasteiger partial charge in [-0.25, -0.2) is 0 Å². The van der Waals surface area contributed by atoms with Gasteiger partial charge in [0.25, 0.3) is 0 Å². The van der Waals surface area contributed by atoms with E-state index in [9.17, 15) is 0 Å². The quantitative estimate of drug-likeness (QED) is 0.362. The molecule has 0 radical (unpaired) electrons. The minimum atomic E-state index is -3.00. The molecule has 4 heteroatoms. The van der Waals surface area contributed by atoms with E-state index >= 15 is 0 Å². The zero-order valence-electron chi connectivity index (χ0n) is 6.37. The largest absolute Gasteiger partial charge is 0.384 e. The van der Waals surface area contributed by atoms with Gasteiger partial charge in [-0.2, -0.15) is 0 Å². The van der Waals surface area contributed by atoms with Gasteiger partial charge in [0.05, 0.1) is 0 Å². The summed E-state index contributed by atoms with van der Waals surface area (Å²) in [6, 6.07) is 0. The van der Waals surface area contributed by atoms with Gasteiger partial charge >= 0.3 is 5.97 Å². The van der Waals surface area contributed by atoms with Crippen LogP contribution in [0.4, 0.5) is 0 Å². The van der Waals surface area contributed by atoms with Gasteiger partial charge in [0.1, 0.15) is 6.10 Å². The first-order valence-electron chi connectivity index (χ1n) is 3.01. The van der Waals surface area contributed by atoms with Crippen molar-refractivity contribution in [2.75, 3.05) is 0 Å². The lowest BCUT2D eigenvalue weighted by atomic mass is 9.88. The van der Waals surface area contributed by atoms with Crippen LogP contribution in [0.2, 0.25) is 0 Å². The molecule has 0 fully saturated rings. The van der Waals surface area contributed by atoms with Crippen LogP contribution in [-0.4, -0.2) is 32.5 Å². The van der Waals surface area contributed by atoms with Gasteiger partial charge in [-0.3, -0.25) is 0 Å². The Kier molecular flexibility index (Phi) is 2.43. The summed E-state index contributed by atoms with van der Waals surface area (Å²) in [4.78, 5) is 0. The second-order valence-electron chi connectivity index (χ2n) is 3.46. The maximum atomic E-state index is 8.97. The standard InChI is InChI=1S/C6H14O4/c1-5(2,3)4(7)6(8,9)10/h4,7-10H,1-3H3. The Morgan fingerprint density at radius 3 is 1.30 bits per heavy atom. The first kappa shape index (κ1) is 9.84. The zero-order chi connectivity index (χ0) is 8.58. The zero-order valence-corrected chi connectivity index (χ0v) is 6.37. The summed E-state index contributed by atoms with van der Waals surface area (Å²) in [5.74, 6) is -3.00. The number of hydrogen-bond donors (Lipinski definition) is 4. The van der Waals surface area contributed by atoms with Crippen LogP contribution < -0.4 is 0 Å². The molecule has 62 valence electrons. The first-order valence-corrected chi connectivity index (χ1v) is 3.01. The maximum absolute atomic E-state index is 8.97. The second kappa shape index (κ2) is 2.47. The Labute approximate surface area is 59.7 Å². The molecule has 0 aromatic heterocycles. The molecule has 0 spiro atoms. The highest BCUT2D eigenvalue weighted by molar-refractivity contribution is 4.77. The summed E-state index contributed by atoms with van der Waals surface area (Å²) < 4.78 is 0. The van der Waals surface area contributed by atoms with Gasteiger partial charge in [0.2, 0.25) is 0 Å². The highest BCUT2D eigenvalue weighted by Crippen LogP contribution is 2.24. The lowest BCUT2D eigenvalue weighted by molar-refractivity contribution is -0.369. The summed E-state index contributed by atoms with van der Waals surface area (Å²) in [6.07, 6.45) is -1.57. The molecule has 0 aliphatic carbocycles. The van der Waals surface area contributed by atoms with E-state index in [1.54, 1.807) is 20.8 Å². The number of rotatable bonds is 1. The Hall–Kier alpha value is -0.160. The monoisotopic (exact) mass is 150 g/mol. The van der Waals surface area contributed by atoms with Gasteiger partial charge in [-0.1, -0.05) is 20.8 Å². The van der Waals surface area contributed by atoms with E-state index in [1.165, 1.54) is 0 Å². The highest BCUT2D eigenvalue weighted by Gasteiger charge is 2.39. The smallest absolute Gasteiger partial charge is 0.303 e. The number of aliphatic hydroxyl groups excluding tert-OH is 1. The molecule has 1 atom stereocenters. The molecule has 0 bridgehead atoms. The summed E-state index contributed by atoms with van der Waals surface area (Å²) in [5.41, 5.74) is -0.752. The Morgan fingerprint density at radius 1 is 1.00 bits per heavy atom. The van der Waals surface area contributed by atoms with Gasteiger partial charge in [-0.05, 0) is 5.41 Å². The predicted molar refractivity (Wildman–Crippen MR) is 34.8 cm³/mol. The van der Waals surface area contributed by atoms with Crippen LogP contribution in [0.3, 0.4) is 0 Å². The minimum absolute atomic E-state index is 0.752. The molecule has 0 aromatic rings. The van der Waals surface area contributed by atoms with Crippen LogP contribution in [0, 0.1) is 5.41 Å². The maximum Gasteiger partial charge on any atom is 0.303 e. The van der Waals surface area contributed by atoms with Crippen LogP contribution >= 0.6 is 0 Å². The fourth-order valence-corrected chi connectivity index (χ4v) is 0.581. The predicted octanol–water partition coefficient (Wildman–Crippen LogP) is -0.976. The Morgan fingerprint density at radius 2 is 1.30 bits per heavy atom. The van der Waals surface area contributed by atoms with Gasteiger partial charge < -0.3 is 20.4 Å². The molecule has 4 N–H and O–H groups in total. The molecule has 0 aromatic carbocycles. The molecule has 0 amide bonds. The van der Waals surface area contributed by atoms with Crippen molar-refractivity contribution in [1.29, 1.82) is 0 Å². The minimum Gasteiger partial charge on any atom is -0.384 e. The third-order valence-corrected chi connectivity index (χ3v) is 1.19. The average Bonchev–Trinajstić information content (AvgIpc) is 1.59. The fourth-order valence-electron chi connectivity index (χ4n) is 0.581. The average molecular weight is 150 g/mol. The van der Waals surface area contributed by atoms with Crippen LogP contribution in [-0.2, 0) is 0 Å². The second-order valence-corrected chi connectivity index (χ2v) is 3.46. The molecule has 4 nitrogen and oxygen atoms in total. The van der Waals surface area contributed by atoms with Crippen LogP contribution in [0.15, 0.2) is 0 Å². The van der Waals surface area contributed by atoms with E-state index in [0.717, 1.165) is 0 Å². The number of aliphatic hydroxyl groups is 4. The number of hydrogen-bond acceptors (Lipinski definition) is 4. The van der Waals surface area contributed by atoms with E-state index in [1.807, 2.05) is 0 Å². The van der Waals surface area contributed by atoms with Crippen molar-refractivity contribution in [1.82, 2.24) is 0 Å². The van der Waals surface area contributed by atoms with E-state index in [2.05, 4.69) is 0 Å². The van der Waals surface area contributed by atoms with Crippen molar-refractivity contribution >= 4 is 0 Å². The normalized spacial score (nSPS) is 17.1. The van der Waals surface area contributed by atoms with Crippen molar-refractivity contribution < 1.29 is 20.4 Å². The molecule has 0 rings (SSSR count). The van der Waals surface area contributed by atoms with Crippen LogP contribution in [0.25, 0.3) is 0 Å². The van der Waals surface area contributed by atoms with Crippen molar-refractivity contribution in [2.45, 2.75) is 32.8 Å². The Balaban J connectivity index is 4.23. The molecule has 0 saturated heterocycles. The van der Waals surface area contributed by atoms with E-state index < -0.39 is 17.5 Å². The van der Waals surface area contributed by atoms with E-state index in [0.29, 0.717) is 0 Å². The van der Waals surface area contributed by atoms with Crippen molar-refractivity contribution in [3.8, 4) is 0 Å². The van der Waals surface area contributed by atoms with Gasteiger partial charge in [0, 0.05) is 0 Å². The Bertz CT molecular complexity index is 93.9. The topological polar surface area (TPSA) is 80.9 Å². The van der Waals surface area contributed by atoms with Gasteiger partial charge in [0.15, 0.2) is 0 Å². The summed E-state index contributed by atoms with van der Waals surface area (Å²) in [5, 5.41) is 34.4. The summed E-state index contributed by atoms with van der Waals surface area (Å²) in [6.45, 7) is 4.74. The van der Waals surface area contributed by atoms with Gasteiger partial charge in [-0.15, -0.1) is 0 Å². The lowest BCUT2D eigenvalue weighted by Gasteiger charge is -2.31. The third-order valence-electron chi connectivity index (χ3n) is 1.19. The molecule has 10 heavy (non-hydrogen) atoms. The molecule has 0 aliphatic heterocycles. The SMILES string of the molecule is CC(C)(C)C(O)C(O)(O)O. The van der Waals surface area contributed by atoms with Crippen molar-refractivity contribution in [2.24, 2.45) is 5.41 Å². The summed E-state index contributed by atoms with van der Waals surface area (Å²) in [7, 11) is 0.